The highest BCUT2D eigenvalue weighted by molar-refractivity contribution is 6.31. The van der Waals surface area contributed by atoms with Crippen LogP contribution in [0.15, 0.2) is 18.2 Å². The number of aromatic amines is 1. The van der Waals surface area contributed by atoms with Crippen molar-refractivity contribution in [3.8, 4) is 17.0 Å². The van der Waals surface area contributed by atoms with Crippen LogP contribution in [0, 0.1) is 0 Å². The number of nitrogen functional groups attached to an aromatic ring is 1. The maximum Gasteiger partial charge on any atom is 0.145 e. The highest BCUT2D eigenvalue weighted by Crippen LogP contribution is 2.34. The fourth-order valence-corrected chi connectivity index (χ4v) is 2.08. The Morgan fingerprint density at radius 3 is 2.71 bits per heavy atom. The molecule has 2 aromatic rings. The third-order valence-electron chi connectivity index (χ3n) is 2.64. The number of aromatic nitrogens is 2. The monoisotopic (exact) mass is 251 g/mol. The van der Waals surface area contributed by atoms with E-state index in [9.17, 15) is 0 Å². The van der Waals surface area contributed by atoms with Crippen molar-refractivity contribution in [3.63, 3.8) is 0 Å². The summed E-state index contributed by atoms with van der Waals surface area (Å²) in [6.45, 7) is 2.06. The summed E-state index contributed by atoms with van der Waals surface area (Å²) in [6.07, 6.45) is 0.842. The molecule has 0 amide bonds. The van der Waals surface area contributed by atoms with E-state index in [0.29, 0.717) is 10.8 Å². The molecule has 0 radical (unpaired) electrons. The van der Waals surface area contributed by atoms with Gasteiger partial charge in [-0.2, -0.15) is 5.10 Å². The number of methoxy groups -OCH3 is 1. The zero-order chi connectivity index (χ0) is 12.4. The Morgan fingerprint density at radius 2 is 2.18 bits per heavy atom. The zero-order valence-corrected chi connectivity index (χ0v) is 10.5. The van der Waals surface area contributed by atoms with Crippen molar-refractivity contribution < 1.29 is 4.74 Å². The molecule has 0 bridgehead atoms. The maximum absolute atomic E-state index is 6.07. The largest absolute Gasteiger partial charge is 0.496 e. The highest BCUT2D eigenvalue weighted by atomic mass is 35.5. The van der Waals surface area contributed by atoms with Gasteiger partial charge < -0.3 is 10.5 Å². The third-order valence-corrected chi connectivity index (χ3v) is 2.85. The SMILES string of the molecule is CCc1c(OC)cc(Cl)cc1-c1cc(N)n[nH]1. The second-order valence-electron chi connectivity index (χ2n) is 3.69. The standard InChI is InChI=1S/C12H14ClN3O/c1-3-8-9(10-6-12(14)16-15-10)4-7(13)5-11(8)17-2/h4-6H,3H2,1-2H3,(H3,14,15,16). The minimum absolute atomic E-state index is 0.459. The van der Waals surface area contributed by atoms with E-state index in [1.165, 1.54) is 0 Å². The van der Waals surface area contributed by atoms with Gasteiger partial charge >= 0.3 is 0 Å². The fourth-order valence-electron chi connectivity index (χ4n) is 1.87. The number of nitrogens with zero attached hydrogens (tertiary/aromatic N) is 1. The highest BCUT2D eigenvalue weighted by Gasteiger charge is 2.13. The summed E-state index contributed by atoms with van der Waals surface area (Å²) < 4.78 is 5.34. The van der Waals surface area contributed by atoms with Crippen molar-refractivity contribution in [1.82, 2.24) is 10.2 Å². The average molecular weight is 252 g/mol. The summed E-state index contributed by atoms with van der Waals surface area (Å²) in [7, 11) is 1.63. The molecule has 0 aliphatic heterocycles. The minimum atomic E-state index is 0.459. The van der Waals surface area contributed by atoms with Gasteiger partial charge in [0.25, 0.3) is 0 Å². The van der Waals surface area contributed by atoms with Crippen LogP contribution < -0.4 is 10.5 Å². The van der Waals surface area contributed by atoms with E-state index in [4.69, 9.17) is 22.1 Å². The van der Waals surface area contributed by atoms with Crippen molar-refractivity contribution in [2.75, 3.05) is 12.8 Å². The molecule has 1 heterocycles. The molecule has 5 heteroatoms. The van der Waals surface area contributed by atoms with Gasteiger partial charge in [-0.3, -0.25) is 5.10 Å². The van der Waals surface area contributed by atoms with E-state index in [1.807, 2.05) is 12.1 Å². The number of ether oxygens (including phenoxy) is 1. The van der Waals surface area contributed by atoms with Crippen LogP contribution in [0.2, 0.25) is 5.02 Å². The van der Waals surface area contributed by atoms with Gasteiger partial charge in [-0.25, -0.2) is 0 Å². The lowest BCUT2D eigenvalue weighted by molar-refractivity contribution is 0.410. The molecule has 0 atom stereocenters. The van der Waals surface area contributed by atoms with E-state index in [0.717, 1.165) is 29.0 Å². The lowest BCUT2D eigenvalue weighted by Crippen LogP contribution is -1.94. The number of H-pyrrole nitrogens is 1. The van der Waals surface area contributed by atoms with Crippen molar-refractivity contribution in [2.24, 2.45) is 0 Å². The van der Waals surface area contributed by atoms with Gasteiger partial charge in [-0.1, -0.05) is 18.5 Å². The fraction of sp³-hybridized carbons (Fsp3) is 0.250. The number of benzene rings is 1. The maximum atomic E-state index is 6.07. The number of hydrogen-bond acceptors (Lipinski definition) is 3. The van der Waals surface area contributed by atoms with Crippen LogP contribution in [-0.2, 0) is 6.42 Å². The molecule has 17 heavy (non-hydrogen) atoms. The lowest BCUT2D eigenvalue weighted by atomic mass is 10.0. The van der Waals surface area contributed by atoms with E-state index >= 15 is 0 Å². The van der Waals surface area contributed by atoms with Crippen molar-refractivity contribution in [1.29, 1.82) is 0 Å². The van der Waals surface area contributed by atoms with Gasteiger partial charge in [0.1, 0.15) is 11.6 Å². The van der Waals surface area contributed by atoms with Gasteiger partial charge in [0.2, 0.25) is 0 Å². The zero-order valence-electron chi connectivity index (χ0n) is 9.75. The topological polar surface area (TPSA) is 63.9 Å². The summed E-state index contributed by atoms with van der Waals surface area (Å²) in [5.74, 6) is 1.24. The minimum Gasteiger partial charge on any atom is -0.496 e. The molecule has 1 aromatic carbocycles. The van der Waals surface area contributed by atoms with Crippen LogP contribution in [-0.4, -0.2) is 17.3 Å². The first-order chi connectivity index (χ1) is 8.15. The first-order valence-corrected chi connectivity index (χ1v) is 5.71. The number of halogens is 1. The molecule has 1 aromatic heterocycles. The summed E-state index contributed by atoms with van der Waals surface area (Å²) in [5, 5.41) is 7.44. The van der Waals surface area contributed by atoms with Gasteiger partial charge in [0.05, 0.1) is 12.8 Å². The average Bonchev–Trinajstić information content (AvgIpc) is 2.74. The van der Waals surface area contributed by atoms with Crippen molar-refractivity contribution in [2.45, 2.75) is 13.3 Å². The van der Waals surface area contributed by atoms with Crippen molar-refractivity contribution in [3.05, 3.63) is 28.8 Å². The van der Waals surface area contributed by atoms with E-state index < -0.39 is 0 Å². The van der Waals surface area contributed by atoms with E-state index in [-0.39, 0.29) is 0 Å². The molecule has 0 saturated heterocycles. The second-order valence-corrected chi connectivity index (χ2v) is 4.13. The summed E-state index contributed by atoms with van der Waals surface area (Å²) in [5.41, 5.74) is 8.51. The summed E-state index contributed by atoms with van der Waals surface area (Å²) in [6, 6.07) is 5.48. The van der Waals surface area contributed by atoms with Gasteiger partial charge in [0.15, 0.2) is 0 Å². The molecule has 2 rings (SSSR count). The Labute approximate surface area is 105 Å². The Kier molecular flexibility index (Phi) is 3.24. The molecule has 0 aliphatic carbocycles. The van der Waals surface area contributed by atoms with Crippen LogP contribution in [0.4, 0.5) is 5.82 Å². The second kappa shape index (κ2) is 4.67. The molecular weight excluding hydrogens is 238 g/mol. The number of hydrogen-bond donors (Lipinski definition) is 2. The Hall–Kier alpha value is -1.68. The lowest BCUT2D eigenvalue weighted by Gasteiger charge is -2.12. The predicted molar refractivity (Wildman–Crippen MR) is 69.4 cm³/mol. The summed E-state index contributed by atoms with van der Waals surface area (Å²) >= 11 is 6.07. The number of anilines is 1. The van der Waals surface area contributed by atoms with Gasteiger partial charge in [-0.15, -0.1) is 0 Å². The van der Waals surface area contributed by atoms with Crippen LogP contribution >= 0.6 is 11.6 Å². The molecule has 0 fully saturated rings. The molecule has 4 nitrogen and oxygen atoms in total. The molecule has 0 unspecified atom stereocenters. The molecule has 90 valence electrons. The van der Waals surface area contributed by atoms with Gasteiger partial charge in [-0.05, 0) is 18.6 Å². The Morgan fingerprint density at radius 1 is 1.41 bits per heavy atom. The summed E-state index contributed by atoms with van der Waals surface area (Å²) in [4.78, 5) is 0. The third kappa shape index (κ3) is 2.22. The van der Waals surface area contributed by atoms with Crippen LogP contribution in [0.25, 0.3) is 11.3 Å². The van der Waals surface area contributed by atoms with Crippen molar-refractivity contribution >= 4 is 17.4 Å². The van der Waals surface area contributed by atoms with Crippen LogP contribution in [0.3, 0.4) is 0 Å². The first kappa shape index (κ1) is 11.8. The Bertz CT molecular complexity index is 537. The molecule has 0 saturated carbocycles. The molecule has 3 N–H and O–H groups in total. The van der Waals surface area contributed by atoms with Crippen LogP contribution in [0.5, 0.6) is 5.75 Å². The predicted octanol–water partition coefficient (Wildman–Crippen LogP) is 2.88. The number of nitrogens with two attached hydrogens (primary N) is 1. The smallest absolute Gasteiger partial charge is 0.145 e. The Balaban J connectivity index is 2.63. The molecular formula is C12H14ClN3O. The molecule has 0 aliphatic rings. The van der Waals surface area contributed by atoms with Gasteiger partial charge in [0, 0.05) is 22.2 Å². The van der Waals surface area contributed by atoms with E-state index in [1.54, 1.807) is 13.2 Å². The molecule has 0 spiro atoms. The van der Waals surface area contributed by atoms with E-state index in [2.05, 4.69) is 17.1 Å². The van der Waals surface area contributed by atoms with Crippen LogP contribution in [0.1, 0.15) is 12.5 Å². The number of rotatable bonds is 3. The quantitative estimate of drug-likeness (QED) is 0.882. The normalized spacial score (nSPS) is 10.5. The first-order valence-electron chi connectivity index (χ1n) is 5.33. The number of nitrogens with one attached hydrogen (secondary N) is 1.